The molecule has 2 heterocycles. The minimum Gasteiger partial charge on any atom is -0.464 e. The van der Waals surface area contributed by atoms with Gasteiger partial charge in [-0.25, -0.2) is 9.78 Å². The number of ether oxygens (including phenoxy) is 1. The van der Waals surface area contributed by atoms with Crippen molar-refractivity contribution in [2.45, 2.75) is 32.7 Å². The van der Waals surface area contributed by atoms with Gasteiger partial charge in [0.25, 0.3) is 0 Å². The number of nitrogens with zero attached hydrogens (tertiary/aromatic N) is 3. The molecule has 1 aliphatic rings. The Bertz CT molecular complexity index is 435. The molecule has 0 bridgehead atoms. The molecule has 2 rings (SSSR count). The van der Waals surface area contributed by atoms with E-state index in [4.69, 9.17) is 4.74 Å². The molecule has 6 nitrogen and oxygen atoms in total. The fourth-order valence-corrected chi connectivity index (χ4v) is 2.84. The molecule has 1 atom stereocenters. The van der Waals surface area contributed by atoms with Gasteiger partial charge in [-0.2, -0.15) is 4.37 Å². The summed E-state index contributed by atoms with van der Waals surface area (Å²) < 4.78 is 9.47. The SMILES string of the molecule is CCOC(=O)C1CNCCN1c1nc(C(C)C)ns1. The second-order valence-corrected chi connectivity index (χ2v) is 5.49. The molecule has 0 spiro atoms. The predicted molar refractivity (Wildman–Crippen MR) is 74.6 cm³/mol. The molecule has 1 aliphatic heterocycles. The Balaban J connectivity index is 2.16. The average Bonchev–Trinajstić information content (AvgIpc) is 2.88. The Morgan fingerprint density at radius 3 is 3.05 bits per heavy atom. The normalized spacial score (nSPS) is 19.8. The second kappa shape index (κ2) is 6.29. The monoisotopic (exact) mass is 284 g/mol. The summed E-state index contributed by atoms with van der Waals surface area (Å²) >= 11 is 1.35. The Labute approximate surface area is 117 Å². The number of rotatable bonds is 4. The van der Waals surface area contributed by atoms with Gasteiger partial charge in [0.2, 0.25) is 5.13 Å². The van der Waals surface area contributed by atoms with E-state index in [0.717, 1.165) is 24.0 Å². The number of aromatic nitrogens is 2. The van der Waals surface area contributed by atoms with Crippen molar-refractivity contribution in [1.29, 1.82) is 0 Å². The van der Waals surface area contributed by atoms with Crippen LogP contribution in [0, 0.1) is 0 Å². The summed E-state index contributed by atoms with van der Waals surface area (Å²) in [6, 6.07) is -0.304. The van der Waals surface area contributed by atoms with Crippen molar-refractivity contribution in [2.75, 3.05) is 31.1 Å². The van der Waals surface area contributed by atoms with Crippen LogP contribution in [0.5, 0.6) is 0 Å². The van der Waals surface area contributed by atoms with Crippen molar-refractivity contribution in [3.8, 4) is 0 Å². The van der Waals surface area contributed by atoms with E-state index in [2.05, 4.69) is 28.5 Å². The number of nitrogens with one attached hydrogen (secondary N) is 1. The van der Waals surface area contributed by atoms with Gasteiger partial charge < -0.3 is 15.0 Å². The van der Waals surface area contributed by atoms with E-state index >= 15 is 0 Å². The fourth-order valence-electron chi connectivity index (χ4n) is 1.96. The molecule has 0 aromatic carbocycles. The zero-order valence-electron chi connectivity index (χ0n) is 11.5. The van der Waals surface area contributed by atoms with Gasteiger partial charge in [-0.1, -0.05) is 13.8 Å². The molecule has 19 heavy (non-hydrogen) atoms. The summed E-state index contributed by atoms with van der Waals surface area (Å²) in [6.45, 7) is 8.52. The first-order valence-corrected chi connectivity index (χ1v) is 7.38. The summed E-state index contributed by atoms with van der Waals surface area (Å²) in [5, 5.41) is 4.03. The number of hydrogen-bond donors (Lipinski definition) is 1. The van der Waals surface area contributed by atoms with Crippen LogP contribution in [-0.4, -0.2) is 47.6 Å². The summed E-state index contributed by atoms with van der Waals surface area (Å²) in [4.78, 5) is 18.5. The molecule has 106 valence electrons. The van der Waals surface area contributed by atoms with Crippen LogP contribution < -0.4 is 10.2 Å². The maximum absolute atomic E-state index is 12.0. The highest BCUT2D eigenvalue weighted by molar-refractivity contribution is 7.09. The molecule has 0 amide bonds. The smallest absolute Gasteiger partial charge is 0.330 e. The highest BCUT2D eigenvalue weighted by Crippen LogP contribution is 2.24. The minimum atomic E-state index is -0.304. The number of anilines is 1. The van der Waals surface area contributed by atoms with E-state index in [1.54, 1.807) is 0 Å². The third kappa shape index (κ3) is 3.22. The van der Waals surface area contributed by atoms with Crippen molar-refractivity contribution in [3.63, 3.8) is 0 Å². The molecular formula is C12H20N4O2S. The first-order valence-electron chi connectivity index (χ1n) is 6.61. The number of piperazine rings is 1. The van der Waals surface area contributed by atoms with Gasteiger partial charge in [0.05, 0.1) is 6.61 Å². The van der Waals surface area contributed by atoms with Crippen LogP contribution in [0.3, 0.4) is 0 Å². The third-order valence-electron chi connectivity index (χ3n) is 3.00. The van der Waals surface area contributed by atoms with Crippen LogP contribution in [0.25, 0.3) is 0 Å². The molecular weight excluding hydrogens is 264 g/mol. The molecule has 1 aromatic rings. The molecule has 1 unspecified atom stereocenters. The Morgan fingerprint density at radius 2 is 2.42 bits per heavy atom. The van der Waals surface area contributed by atoms with Crippen LogP contribution in [-0.2, 0) is 9.53 Å². The van der Waals surface area contributed by atoms with Crippen LogP contribution in [0.4, 0.5) is 5.13 Å². The highest BCUT2D eigenvalue weighted by Gasteiger charge is 2.32. The summed E-state index contributed by atoms with van der Waals surface area (Å²) in [5.41, 5.74) is 0. The van der Waals surface area contributed by atoms with Crippen LogP contribution >= 0.6 is 11.5 Å². The highest BCUT2D eigenvalue weighted by atomic mass is 32.1. The van der Waals surface area contributed by atoms with Gasteiger partial charge in [0.15, 0.2) is 0 Å². The van der Waals surface area contributed by atoms with Gasteiger partial charge in [0, 0.05) is 37.1 Å². The zero-order chi connectivity index (χ0) is 13.8. The maximum atomic E-state index is 12.0. The largest absolute Gasteiger partial charge is 0.464 e. The summed E-state index contributed by atoms with van der Waals surface area (Å²) in [5.74, 6) is 0.936. The van der Waals surface area contributed by atoms with E-state index < -0.39 is 0 Å². The molecule has 7 heteroatoms. The zero-order valence-corrected chi connectivity index (χ0v) is 12.4. The summed E-state index contributed by atoms with van der Waals surface area (Å²) in [7, 11) is 0. The van der Waals surface area contributed by atoms with Crippen molar-refractivity contribution < 1.29 is 9.53 Å². The lowest BCUT2D eigenvalue weighted by Crippen LogP contribution is -2.55. The molecule has 1 saturated heterocycles. The lowest BCUT2D eigenvalue weighted by atomic mass is 10.2. The van der Waals surface area contributed by atoms with Gasteiger partial charge in [-0.3, -0.25) is 0 Å². The first kappa shape index (κ1) is 14.2. The molecule has 0 aliphatic carbocycles. The quantitative estimate of drug-likeness (QED) is 0.832. The van der Waals surface area contributed by atoms with Gasteiger partial charge in [-0.15, -0.1) is 0 Å². The standard InChI is InChI=1S/C12H20N4O2S/c1-4-18-11(17)9-7-13-5-6-16(9)12-14-10(8(2)3)15-19-12/h8-9,13H,4-7H2,1-3H3. The molecule has 1 N–H and O–H groups in total. The Hall–Kier alpha value is -1.21. The lowest BCUT2D eigenvalue weighted by Gasteiger charge is -2.33. The van der Waals surface area contributed by atoms with E-state index in [1.807, 2.05) is 11.8 Å². The number of esters is 1. The lowest BCUT2D eigenvalue weighted by molar-refractivity contribution is -0.144. The molecule has 1 fully saturated rings. The van der Waals surface area contributed by atoms with Crippen molar-refractivity contribution in [2.24, 2.45) is 0 Å². The van der Waals surface area contributed by atoms with Crippen molar-refractivity contribution in [3.05, 3.63) is 5.82 Å². The average molecular weight is 284 g/mol. The van der Waals surface area contributed by atoms with E-state index in [1.165, 1.54) is 11.5 Å². The van der Waals surface area contributed by atoms with Gasteiger partial charge in [-0.05, 0) is 6.92 Å². The van der Waals surface area contributed by atoms with Gasteiger partial charge in [0.1, 0.15) is 11.9 Å². The number of hydrogen-bond acceptors (Lipinski definition) is 7. The Kier molecular flexibility index (Phi) is 4.71. The van der Waals surface area contributed by atoms with Crippen molar-refractivity contribution in [1.82, 2.24) is 14.7 Å². The van der Waals surface area contributed by atoms with E-state index in [9.17, 15) is 4.79 Å². The van der Waals surface area contributed by atoms with Crippen LogP contribution in [0.2, 0.25) is 0 Å². The summed E-state index contributed by atoms with van der Waals surface area (Å²) in [6.07, 6.45) is 0. The minimum absolute atomic E-state index is 0.198. The van der Waals surface area contributed by atoms with Crippen LogP contribution in [0.15, 0.2) is 0 Å². The fraction of sp³-hybridized carbons (Fsp3) is 0.750. The van der Waals surface area contributed by atoms with Gasteiger partial charge >= 0.3 is 5.97 Å². The van der Waals surface area contributed by atoms with E-state index in [0.29, 0.717) is 19.1 Å². The topological polar surface area (TPSA) is 67.3 Å². The third-order valence-corrected chi connectivity index (χ3v) is 3.76. The number of carbonyl (C=O) groups is 1. The van der Waals surface area contributed by atoms with Crippen molar-refractivity contribution >= 4 is 22.6 Å². The molecule has 0 saturated carbocycles. The molecule has 1 aromatic heterocycles. The predicted octanol–water partition coefficient (Wildman–Crippen LogP) is 1.00. The number of carbonyl (C=O) groups excluding carboxylic acids is 1. The Morgan fingerprint density at radius 1 is 1.63 bits per heavy atom. The maximum Gasteiger partial charge on any atom is 0.330 e. The second-order valence-electron chi connectivity index (χ2n) is 4.76. The van der Waals surface area contributed by atoms with E-state index in [-0.39, 0.29) is 12.0 Å². The molecule has 0 radical (unpaired) electrons. The first-order chi connectivity index (χ1) is 9.13. The van der Waals surface area contributed by atoms with Crippen LogP contribution in [0.1, 0.15) is 32.5 Å².